The van der Waals surface area contributed by atoms with Crippen LogP contribution in [0.25, 0.3) is 10.8 Å². The summed E-state index contributed by atoms with van der Waals surface area (Å²) in [5.74, 6) is 1.97. The van der Waals surface area contributed by atoms with E-state index < -0.39 is 24.6 Å². The number of hydrogen-bond donors (Lipinski definition) is 2. The molecule has 0 heterocycles. The molecule has 0 aliphatic heterocycles. The normalized spacial score (nSPS) is 16.9. The van der Waals surface area contributed by atoms with Crippen LogP contribution in [0.3, 0.4) is 0 Å². The Hall–Kier alpha value is -2.80. The average Bonchev–Trinajstić information content (AvgIpc) is 2.79. The van der Waals surface area contributed by atoms with E-state index >= 15 is 0 Å². The highest BCUT2D eigenvalue weighted by atomic mass is 16.7. The van der Waals surface area contributed by atoms with E-state index in [4.69, 9.17) is 18.9 Å². The van der Waals surface area contributed by atoms with E-state index in [1.54, 1.807) is 13.8 Å². The fourth-order valence-electron chi connectivity index (χ4n) is 3.21. The first-order valence-electron chi connectivity index (χ1n) is 11.3. The van der Waals surface area contributed by atoms with Gasteiger partial charge in [0.25, 0.3) is 6.29 Å². The van der Waals surface area contributed by atoms with Crippen LogP contribution >= 0.6 is 0 Å². The zero-order chi connectivity index (χ0) is 24.0. The fourth-order valence-corrected chi connectivity index (χ4v) is 3.21. The molecule has 3 aromatic carbocycles. The first-order chi connectivity index (χ1) is 15.7. The van der Waals surface area contributed by atoms with Crippen molar-refractivity contribution in [3.05, 3.63) is 66.7 Å². The summed E-state index contributed by atoms with van der Waals surface area (Å²) >= 11 is 0. The van der Waals surface area contributed by atoms with Crippen molar-refractivity contribution in [2.45, 2.75) is 71.4 Å². The lowest BCUT2D eigenvalue weighted by atomic mass is 10.1. The van der Waals surface area contributed by atoms with Crippen LogP contribution in [0.15, 0.2) is 66.7 Å². The van der Waals surface area contributed by atoms with Crippen molar-refractivity contribution in [1.82, 2.24) is 0 Å². The van der Waals surface area contributed by atoms with Gasteiger partial charge in [0.2, 0.25) is 0 Å². The van der Waals surface area contributed by atoms with E-state index in [0.29, 0.717) is 17.2 Å². The number of hydrogen-bond acceptors (Lipinski definition) is 6. The van der Waals surface area contributed by atoms with Crippen LogP contribution in [-0.4, -0.2) is 47.0 Å². The lowest BCUT2D eigenvalue weighted by Gasteiger charge is -2.29. The maximum Gasteiger partial charge on any atom is 0.266 e. The van der Waals surface area contributed by atoms with Crippen molar-refractivity contribution in [3.8, 4) is 17.2 Å². The molecule has 178 valence electrons. The Morgan fingerprint density at radius 1 is 0.606 bits per heavy atom. The number of ether oxygens (including phenoxy) is 4. The predicted molar refractivity (Wildman–Crippen MR) is 129 cm³/mol. The second-order valence-corrected chi connectivity index (χ2v) is 8.41. The van der Waals surface area contributed by atoms with Gasteiger partial charge in [-0.1, -0.05) is 30.3 Å². The van der Waals surface area contributed by atoms with Crippen LogP contribution in [-0.2, 0) is 4.74 Å². The maximum atomic E-state index is 9.86. The lowest BCUT2D eigenvalue weighted by molar-refractivity contribution is -0.144. The molecule has 0 radical (unpaired) electrons. The molecule has 6 atom stereocenters. The van der Waals surface area contributed by atoms with Crippen molar-refractivity contribution in [2.75, 3.05) is 0 Å². The van der Waals surface area contributed by atoms with E-state index in [2.05, 4.69) is 0 Å². The summed E-state index contributed by atoms with van der Waals surface area (Å²) in [6.07, 6.45) is -3.10. The molecule has 0 saturated heterocycles. The Balaban J connectivity index is 1.86. The number of para-hydroxylation sites is 1. The number of rotatable bonds is 11. The van der Waals surface area contributed by atoms with Gasteiger partial charge >= 0.3 is 0 Å². The molecule has 3 aromatic rings. The van der Waals surface area contributed by atoms with Gasteiger partial charge in [-0.25, -0.2) is 0 Å². The van der Waals surface area contributed by atoms with Gasteiger partial charge in [-0.2, -0.15) is 0 Å². The Morgan fingerprint density at radius 2 is 1.30 bits per heavy atom. The smallest absolute Gasteiger partial charge is 0.266 e. The molecule has 2 N–H and O–H groups in total. The topological polar surface area (TPSA) is 77.4 Å². The average molecular weight is 455 g/mol. The SMILES string of the molecule is CC(O)C(C)Oc1ccc2c(OC(Oc3ccccc3)C(C)OC(C)C(C)O)cccc2c1. The third kappa shape index (κ3) is 6.84. The second kappa shape index (κ2) is 11.4. The number of aliphatic hydroxyl groups is 2. The van der Waals surface area contributed by atoms with Crippen LogP contribution in [0, 0.1) is 0 Å². The molecule has 0 fully saturated rings. The van der Waals surface area contributed by atoms with Crippen LogP contribution < -0.4 is 14.2 Å². The van der Waals surface area contributed by atoms with Crippen molar-refractivity contribution >= 4 is 10.8 Å². The van der Waals surface area contributed by atoms with E-state index in [-0.39, 0.29) is 12.2 Å². The summed E-state index contributed by atoms with van der Waals surface area (Å²) < 4.78 is 24.3. The van der Waals surface area contributed by atoms with Gasteiger partial charge < -0.3 is 29.2 Å². The van der Waals surface area contributed by atoms with Crippen LogP contribution in [0.2, 0.25) is 0 Å². The van der Waals surface area contributed by atoms with Gasteiger partial charge in [-0.05, 0) is 76.4 Å². The molecular weight excluding hydrogens is 420 g/mol. The third-order valence-corrected chi connectivity index (χ3v) is 5.54. The summed E-state index contributed by atoms with van der Waals surface area (Å²) in [5, 5.41) is 21.4. The van der Waals surface area contributed by atoms with Crippen molar-refractivity contribution < 1.29 is 29.2 Å². The summed E-state index contributed by atoms with van der Waals surface area (Å²) in [7, 11) is 0. The molecule has 0 saturated carbocycles. The van der Waals surface area contributed by atoms with Gasteiger partial charge in [0.1, 0.15) is 29.5 Å². The molecule has 0 amide bonds. The van der Waals surface area contributed by atoms with Gasteiger partial charge in [-0.15, -0.1) is 0 Å². The summed E-state index contributed by atoms with van der Waals surface area (Å²) in [4.78, 5) is 0. The number of fused-ring (bicyclic) bond motifs is 1. The highest BCUT2D eigenvalue weighted by molar-refractivity contribution is 5.89. The first-order valence-corrected chi connectivity index (χ1v) is 11.3. The second-order valence-electron chi connectivity index (χ2n) is 8.41. The largest absolute Gasteiger partial charge is 0.488 e. The van der Waals surface area contributed by atoms with Crippen LogP contribution in [0.1, 0.15) is 34.6 Å². The zero-order valence-corrected chi connectivity index (χ0v) is 19.8. The van der Waals surface area contributed by atoms with E-state index in [9.17, 15) is 10.2 Å². The quantitative estimate of drug-likeness (QED) is 0.400. The zero-order valence-electron chi connectivity index (χ0n) is 19.8. The molecular formula is C27H34O6. The Labute approximate surface area is 195 Å². The Morgan fingerprint density at radius 3 is 1.97 bits per heavy atom. The molecule has 6 heteroatoms. The predicted octanol–water partition coefficient (Wildman–Crippen LogP) is 4.95. The third-order valence-electron chi connectivity index (χ3n) is 5.54. The molecule has 6 nitrogen and oxygen atoms in total. The van der Waals surface area contributed by atoms with Gasteiger partial charge in [0, 0.05) is 5.39 Å². The first kappa shape index (κ1) is 24.8. The minimum atomic E-state index is -0.745. The van der Waals surface area contributed by atoms with Gasteiger partial charge in [0.05, 0.1) is 18.3 Å². The molecule has 6 unspecified atom stereocenters. The number of benzene rings is 3. The highest BCUT2D eigenvalue weighted by Crippen LogP contribution is 2.31. The van der Waals surface area contributed by atoms with E-state index in [1.807, 2.05) is 87.5 Å². The van der Waals surface area contributed by atoms with E-state index in [1.165, 1.54) is 0 Å². The molecule has 0 bridgehead atoms. The fraction of sp³-hybridized carbons (Fsp3) is 0.407. The number of aliphatic hydroxyl groups excluding tert-OH is 2. The molecule has 0 spiro atoms. The minimum absolute atomic E-state index is 0.320. The maximum absolute atomic E-state index is 9.86. The Kier molecular flexibility index (Phi) is 8.55. The monoisotopic (exact) mass is 454 g/mol. The van der Waals surface area contributed by atoms with Crippen molar-refractivity contribution in [2.24, 2.45) is 0 Å². The standard InChI is InChI=1S/C27H34O6/c1-17(28)19(3)30-21(5)27(32-23-11-7-6-8-12-23)33-26-13-9-10-22-16-24(14-15-25(22)26)31-20(4)18(2)29/h6-21,27-29H,1-5H3. The highest BCUT2D eigenvalue weighted by Gasteiger charge is 2.26. The van der Waals surface area contributed by atoms with E-state index in [0.717, 1.165) is 10.8 Å². The lowest BCUT2D eigenvalue weighted by Crippen LogP contribution is -2.40. The molecule has 0 aliphatic carbocycles. The molecule has 0 aliphatic rings. The molecule has 3 rings (SSSR count). The molecule has 0 aromatic heterocycles. The van der Waals surface area contributed by atoms with Gasteiger partial charge in [0.15, 0.2) is 0 Å². The van der Waals surface area contributed by atoms with Crippen molar-refractivity contribution in [3.63, 3.8) is 0 Å². The van der Waals surface area contributed by atoms with Gasteiger partial charge in [-0.3, -0.25) is 0 Å². The Bertz CT molecular complexity index is 1000. The van der Waals surface area contributed by atoms with Crippen molar-refractivity contribution in [1.29, 1.82) is 0 Å². The van der Waals surface area contributed by atoms with Crippen LogP contribution in [0.4, 0.5) is 0 Å². The minimum Gasteiger partial charge on any atom is -0.488 e. The summed E-state index contributed by atoms with van der Waals surface area (Å²) in [6, 6.07) is 20.9. The summed E-state index contributed by atoms with van der Waals surface area (Å²) in [6.45, 7) is 8.89. The summed E-state index contributed by atoms with van der Waals surface area (Å²) in [5.41, 5.74) is 0. The molecule has 33 heavy (non-hydrogen) atoms. The van der Waals surface area contributed by atoms with Crippen LogP contribution in [0.5, 0.6) is 17.2 Å².